The molecule has 4 aromatic rings. The van der Waals surface area contributed by atoms with Gasteiger partial charge in [-0.2, -0.15) is 0 Å². The van der Waals surface area contributed by atoms with Crippen molar-refractivity contribution in [1.29, 1.82) is 0 Å². The molecule has 2 atom stereocenters. The molecular formula is C42H51Cl2O2Si3Zr. The summed E-state index contributed by atoms with van der Waals surface area (Å²) in [4.78, 5) is 0. The summed E-state index contributed by atoms with van der Waals surface area (Å²) >= 11 is -2.68. The average Bonchev–Trinajstić information content (AvgIpc) is 3.57. The van der Waals surface area contributed by atoms with Gasteiger partial charge in [-0.05, 0) is 0 Å². The predicted octanol–water partition coefficient (Wildman–Crippen LogP) is 11.5. The van der Waals surface area contributed by atoms with E-state index in [4.69, 9.17) is 25.9 Å². The molecule has 0 saturated carbocycles. The van der Waals surface area contributed by atoms with E-state index in [2.05, 4.69) is 177 Å². The van der Waals surface area contributed by atoms with E-state index in [1.165, 1.54) is 43.8 Å². The van der Waals surface area contributed by atoms with Crippen molar-refractivity contribution in [2.75, 3.05) is 0 Å². The van der Waals surface area contributed by atoms with Crippen molar-refractivity contribution in [1.82, 2.24) is 0 Å². The normalized spacial score (nSPS) is 18.2. The van der Waals surface area contributed by atoms with E-state index in [0.29, 0.717) is 0 Å². The van der Waals surface area contributed by atoms with Gasteiger partial charge in [0.1, 0.15) is 0 Å². The second kappa shape index (κ2) is 14.1. The Morgan fingerprint density at radius 2 is 0.880 bits per heavy atom. The summed E-state index contributed by atoms with van der Waals surface area (Å²) in [5, 5.41) is 2.86. The van der Waals surface area contributed by atoms with Crippen molar-refractivity contribution in [3.8, 4) is 0 Å². The van der Waals surface area contributed by atoms with E-state index >= 15 is 0 Å². The standard InChI is InChI=1S/C42H51O2Si3.2ClH.Zr/c1-41(2,3)46(7,8)43-37-27-31-15-11-13-17-35(31)39(37)29-19-23-33(24-20-29)45-34-25-21-30(22-26-34)40-36-18-14-12-16-32(36)28-38(40)44-47(9,10)42(4,5)6;;;/h11-28,39-40,45H,1-10H3;2*1H;/q;;;+2/p-2. The van der Waals surface area contributed by atoms with E-state index in [9.17, 15) is 0 Å². The van der Waals surface area contributed by atoms with Gasteiger partial charge in [-0.25, -0.2) is 0 Å². The Labute approximate surface area is 318 Å². The summed E-state index contributed by atoms with van der Waals surface area (Å²) in [6.45, 7) is 23.1. The molecular weight excluding hydrogens is 783 g/mol. The van der Waals surface area contributed by atoms with Gasteiger partial charge in [-0.1, -0.05) is 0 Å². The van der Waals surface area contributed by atoms with Gasteiger partial charge in [0.2, 0.25) is 0 Å². The first-order chi connectivity index (χ1) is 23.4. The van der Waals surface area contributed by atoms with Crippen LogP contribution in [0.15, 0.2) is 109 Å². The van der Waals surface area contributed by atoms with E-state index in [-0.39, 0.29) is 21.9 Å². The van der Waals surface area contributed by atoms with Gasteiger partial charge in [0.25, 0.3) is 0 Å². The molecule has 2 unspecified atom stereocenters. The van der Waals surface area contributed by atoms with Gasteiger partial charge in [0, 0.05) is 0 Å². The molecule has 0 heterocycles. The van der Waals surface area contributed by atoms with Gasteiger partial charge >= 0.3 is 321 Å². The van der Waals surface area contributed by atoms with E-state index < -0.39 is 41.1 Å². The number of hydrogen-bond acceptors (Lipinski definition) is 2. The van der Waals surface area contributed by atoms with Crippen molar-refractivity contribution in [2.24, 2.45) is 0 Å². The fourth-order valence-corrected chi connectivity index (χ4v) is 26.2. The van der Waals surface area contributed by atoms with Crippen LogP contribution in [0.2, 0.25) is 36.3 Å². The molecule has 50 heavy (non-hydrogen) atoms. The zero-order valence-corrected chi connectivity index (χ0v) is 38.3. The Morgan fingerprint density at radius 3 is 1.20 bits per heavy atom. The molecule has 0 N–H and O–H groups in total. The quantitative estimate of drug-likeness (QED) is 0.156. The molecule has 0 aromatic heterocycles. The monoisotopic (exact) mass is 831 g/mol. The minimum atomic E-state index is -2.68. The average molecular weight is 834 g/mol. The second-order valence-electron chi connectivity index (χ2n) is 17.0. The number of rotatable bonds is 9. The van der Waals surface area contributed by atoms with Crippen LogP contribution in [0.3, 0.4) is 0 Å². The van der Waals surface area contributed by atoms with Crippen molar-refractivity contribution in [3.63, 3.8) is 0 Å². The third-order valence-corrected chi connectivity index (χ3v) is 38.7. The Kier molecular flexibility index (Phi) is 10.7. The molecule has 2 aliphatic carbocycles. The Morgan fingerprint density at radius 1 is 0.540 bits per heavy atom. The maximum absolute atomic E-state index is 7.03. The van der Waals surface area contributed by atoms with Crippen LogP contribution >= 0.6 is 17.0 Å². The number of benzene rings is 4. The predicted molar refractivity (Wildman–Crippen MR) is 220 cm³/mol. The molecule has 2 nitrogen and oxygen atoms in total. The maximum atomic E-state index is 7.03. The summed E-state index contributed by atoms with van der Waals surface area (Å²) in [7, 11) is 10.0. The number of hydrogen-bond donors (Lipinski definition) is 0. The van der Waals surface area contributed by atoms with E-state index in [1.807, 2.05) is 0 Å². The first kappa shape index (κ1) is 37.8. The van der Waals surface area contributed by atoms with Crippen molar-refractivity contribution in [3.05, 3.63) is 142 Å². The molecule has 0 radical (unpaired) electrons. The molecule has 0 amide bonds. The molecule has 0 saturated heterocycles. The van der Waals surface area contributed by atoms with E-state index in [1.54, 1.807) is 0 Å². The summed E-state index contributed by atoms with van der Waals surface area (Å²) in [5.41, 5.74) is 7.62. The molecule has 2 aliphatic rings. The van der Waals surface area contributed by atoms with Crippen LogP contribution in [0.4, 0.5) is 0 Å². The van der Waals surface area contributed by atoms with E-state index in [0.717, 1.165) is 11.5 Å². The van der Waals surface area contributed by atoms with Crippen LogP contribution in [0.1, 0.15) is 86.8 Å². The first-order valence-electron chi connectivity index (χ1n) is 17.7. The minimum absolute atomic E-state index is 0.0870. The summed E-state index contributed by atoms with van der Waals surface area (Å²) in [6, 6.07) is 35.8. The van der Waals surface area contributed by atoms with Crippen LogP contribution in [0.25, 0.3) is 12.2 Å². The zero-order valence-electron chi connectivity index (χ0n) is 31.2. The summed E-state index contributed by atoms with van der Waals surface area (Å²) < 4.78 is 14.0. The molecule has 6 rings (SSSR count). The molecule has 0 spiro atoms. The fourth-order valence-electron chi connectivity index (χ4n) is 6.56. The molecule has 0 fully saturated rings. The molecule has 8 heteroatoms. The third kappa shape index (κ3) is 7.45. The van der Waals surface area contributed by atoms with Crippen LogP contribution in [0.5, 0.6) is 0 Å². The Balaban J connectivity index is 1.29. The number of halogens is 2. The molecule has 4 aromatic carbocycles. The van der Waals surface area contributed by atoms with Crippen molar-refractivity contribution < 1.29 is 27.4 Å². The molecule has 0 aliphatic heterocycles. The van der Waals surface area contributed by atoms with Gasteiger partial charge < -0.3 is 0 Å². The summed E-state index contributed by atoms with van der Waals surface area (Å²) in [5.74, 6) is 0.549. The van der Waals surface area contributed by atoms with Crippen LogP contribution in [-0.4, -0.2) is 22.6 Å². The fraction of sp³-hybridized carbons (Fsp3) is 0.333. The van der Waals surface area contributed by atoms with Crippen LogP contribution < -0.4 is 10.4 Å². The van der Waals surface area contributed by atoms with Gasteiger partial charge in [0.05, 0.1) is 0 Å². The number of allylic oxidation sites excluding steroid dienone is 2. The third-order valence-electron chi connectivity index (χ3n) is 11.6. The summed E-state index contributed by atoms with van der Waals surface area (Å²) in [6.07, 6.45) is 4.52. The SMILES string of the molecule is CC(C)(C)[Si](C)(C)OC1=Cc2ccccc2C1c1ccc([SiH](c2ccc(C3C(O[Si](C)(C)C(C)(C)C)=Cc4ccccc43)cc2)[Zr]([Cl])[Cl])cc1. The topological polar surface area (TPSA) is 18.5 Å². The molecule has 261 valence electrons. The second-order valence-corrected chi connectivity index (χ2v) is 48.0. The zero-order chi connectivity index (χ0) is 36.2. The van der Waals surface area contributed by atoms with Crippen molar-refractivity contribution in [2.45, 2.75) is 89.6 Å². The van der Waals surface area contributed by atoms with Crippen LogP contribution in [0, 0.1) is 0 Å². The Bertz CT molecular complexity index is 1780. The van der Waals surface area contributed by atoms with Crippen molar-refractivity contribution >= 4 is 62.1 Å². The van der Waals surface area contributed by atoms with Crippen LogP contribution in [-0.2, 0) is 27.4 Å². The first-order valence-corrected chi connectivity index (χ1v) is 35.9. The van der Waals surface area contributed by atoms with Gasteiger partial charge in [0.15, 0.2) is 0 Å². The Hall–Kier alpha value is -1.93. The van der Waals surface area contributed by atoms with Gasteiger partial charge in [-0.3, -0.25) is 0 Å². The van der Waals surface area contributed by atoms with Gasteiger partial charge in [-0.15, -0.1) is 0 Å². The number of fused-ring (bicyclic) bond motifs is 2. The molecule has 0 bridgehead atoms.